The number of halogens is 1. The monoisotopic (exact) mass is 335 g/mol. The summed E-state index contributed by atoms with van der Waals surface area (Å²) in [5.74, 6) is 0. The van der Waals surface area contributed by atoms with Crippen LogP contribution in [0.15, 0.2) is 51.2 Å². The molecule has 1 N–H and O–H groups in total. The molecule has 0 atom stereocenters. The van der Waals surface area contributed by atoms with Gasteiger partial charge in [0.15, 0.2) is 0 Å². The van der Waals surface area contributed by atoms with Crippen LogP contribution < -0.4 is 5.32 Å². The minimum atomic E-state index is 0.720. The Hall–Kier alpha value is -0.910. The van der Waals surface area contributed by atoms with Crippen LogP contribution in [0.25, 0.3) is 0 Å². The van der Waals surface area contributed by atoms with Gasteiger partial charge in [0.25, 0.3) is 0 Å². The third-order valence-corrected chi connectivity index (χ3v) is 4.45. The standard InChI is InChI=1S/C14H14BrN3S/c15-11-2-1-10(8-18-12-3-4-12)13(7-11)19-14-9-16-5-6-17-14/h1-2,5-7,9,12,18H,3-4,8H2. The molecule has 1 aliphatic rings. The fraction of sp³-hybridized carbons (Fsp3) is 0.286. The van der Waals surface area contributed by atoms with Crippen LogP contribution in [0.3, 0.4) is 0 Å². The van der Waals surface area contributed by atoms with Gasteiger partial charge in [-0.25, -0.2) is 4.98 Å². The van der Waals surface area contributed by atoms with Crippen LogP contribution in [0.2, 0.25) is 0 Å². The van der Waals surface area contributed by atoms with Crippen molar-refractivity contribution in [3.05, 3.63) is 46.8 Å². The van der Waals surface area contributed by atoms with E-state index in [0.717, 1.165) is 22.1 Å². The summed E-state index contributed by atoms with van der Waals surface area (Å²) in [6, 6.07) is 7.12. The molecule has 0 unspecified atom stereocenters. The van der Waals surface area contributed by atoms with Gasteiger partial charge in [-0.1, -0.05) is 33.8 Å². The van der Waals surface area contributed by atoms with E-state index in [9.17, 15) is 0 Å². The van der Waals surface area contributed by atoms with Gasteiger partial charge in [-0.2, -0.15) is 0 Å². The molecule has 0 radical (unpaired) electrons. The largest absolute Gasteiger partial charge is 0.310 e. The van der Waals surface area contributed by atoms with Crippen molar-refractivity contribution in [2.24, 2.45) is 0 Å². The molecule has 3 rings (SSSR count). The Balaban J connectivity index is 1.78. The maximum Gasteiger partial charge on any atom is 0.119 e. The van der Waals surface area contributed by atoms with Gasteiger partial charge in [-0.3, -0.25) is 4.98 Å². The van der Waals surface area contributed by atoms with E-state index in [-0.39, 0.29) is 0 Å². The molecule has 0 aliphatic heterocycles. The van der Waals surface area contributed by atoms with E-state index in [1.807, 2.05) is 0 Å². The molecule has 0 saturated heterocycles. The maximum atomic E-state index is 4.32. The van der Waals surface area contributed by atoms with Gasteiger partial charge in [-0.15, -0.1) is 0 Å². The van der Waals surface area contributed by atoms with E-state index < -0.39 is 0 Å². The molecule has 0 spiro atoms. The molecule has 2 aromatic rings. The van der Waals surface area contributed by atoms with E-state index in [1.165, 1.54) is 23.3 Å². The average molecular weight is 336 g/mol. The zero-order valence-corrected chi connectivity index (χ0v) is 12.7. The number of hydrogen-bond donors (Lipinski definition) is 1. The minimum absolute atomic E-state index is 0.720. The Morgan fingerprint density at radius 3 is 2.95 bits per heavy atom. The number of hydrogen-bond acceptors (Lipinski definition) is 4. The molecule has 1 aromatic heterocycles. The first-order valence-corrected chi connectivity index (χ1v) is 7.88. The van der Waals surface area contributed by atoms with Crippen LogP contribution in [-0.4, -0.2) is 16.0 Å². The van der Waals surface area contributed by atoms with Crippen LogP contribution in [0.4, 0.5) is 0 Å². The Morgan fingerprint density at radius 1 is 1.32 bits per heavy atom. The second kappa shape index (κ2) is 6.03. The van der Waals surface area contributed by atoms with Crippen LogP contribution in [-0.2, 0) is 6.54 Å². The topological polar surface area (TPSA) is 37.8 Å². The zero-order chi connectivity index (χ0) is 13.1. The molecule has 3 nitrogen and oxygen atoms in total. The van der Waals surface area contributed by atoms with Crippen LogP contribution >= 0.6 is 27.7 Å². The first-order valence-electron chi connectivity index (χ1n) is 6.27. The molecule has 5 heteroatoms. The molecule has 98 valence electrons. The smallest absolute Gasteiger partial charge is 0.119 e. The number of nitrogens with one attached hydrogen (secondary N) is 1. The summed E-state index contributed by atoms with van der Waals surface area (Å²) < 4.78 is 1.09. The summed E-state index contributed by atoms with van der Waals surface area (Å²) in [6.07, 6.45) is 7.83. The van der Waals surface area contributed by atoms with Gasteiger partial charge >= 0.3 is 0 Å². The van der Waals surface area contributed by atoms with E-state index in [0.29, 0.717) is 0 Å². The van der Waals surface area contributed by atoms with Crippen molar-refractivity contribution in [3.8, 4) is 0 Å². The summed E-state index contributed by atoms with van der Waals surface area (Å²) in [6.45, 7) is 0.917. The number of rotatable bonds is 5. The van der Waals surface area contributed by atoms with Crippen molar-refractivity contribution in [1.29, 1.82) is 0 Å². The van der Waals surface area contributed by atoms with Crippen molar-refractivity contribution in [3.63, 3.8) is 0 Å². The van der Waals surface area contributed by atoms with Crippen molar-refractivity contribution >= 4 is 27.7 Å². The van der Waals surface area contributed by atoms with Gasteiger partial charge in [0, 0.05) is 34.3 Å². The predicted octanol–water partition coefficient (Wildman–Crippen LogP) is 3.64. The lowest BCUT2D eigenvalue weighted by Crippen LogP contribution is -2.15. The summed E-state index contributed by atoms with van der Waals surface area (Å²) in [5, 5.41) is 4.48. The lowest BCUT2D eigenvalue weighted by Gasteiger charge is -2.10. The quantitative estimate of drug-likeness (QED) is 0.905. The van der Waals surface area contributed by atoms with Gasteiger partial charge in [0.2, 0.25) is 0 Å². The lowest BCUT2D eigenvalue weighted by atomic mass is 10.2. The average Bonchev–Trinajstić information content (AvgIpc) is 3.23. The Labute approximate surface area is 125 Å². The second-order valence-corrected chi connectivity index (χ2v) is 6.53. The first-order chi connectivity index (χ1) is 9.31. The number of nitrogens with zero attached hydrogens (tertiary/aromatic N) is 2. The molecule has 1 heterocycles. The Kier molecular flexibility index (Phi) is 4.15. The minimum Gasteiger partial charge on any atom is -0.310 e. The summed E-state index contributed by atoms with van der Waals surface area (Å²) in [5.41, 5.74) is 1.31. The molecule has 0 amide bonds. The fourth-order valence-electron chi connectivity index (χ4n) is 1.76. The van der Waals surface area contributed by atoms with Crippen LogP contribution in [0.1, 0.15) is 18.4 Å². The second-order valence-electron chi connectivity index (χ2n) is 4.55. The SMILES string of the molecule is Brc1ccc(CNC2CC2)c(Sc2cnccn2)c1. The van der Waals surface area contributed by atoms with E-state index in [1.54, 1.807) is 30.4 Å². The third kappa shape index (κ3) is 3.78. The van der Waals surface area contributed by atoms with Gasteiger partial charge in [0.1, 0.15) is 5.03 Å². The van der Waals surface area contributed by atoms with Crippen molar-refractivity contribution in [1.82, 2.24) is 15.3 Å². The van der Waals surface area contributed by atoms with E-state index >= 15 is 0 Å². The highest BCUT2D eigenvalue weighted by atomic mass is 79.9. The molecule has 0 bridgehead atoms. The van der Waals surface area contributed by atoms with Crippen LogP contribution in [0.5, 0.6) is 0 Å². The first kappa shape index (κ1) is 13.1. The normalized spacial score (nSPS) is 14.6. The summed E-state index contributed by atoms with van der Waals surface area (Å²) in [7, 11) is 0. The number of benzene rings is 1. The molecule has 1 saturated carbocycles. The zero-order valence-electron chi connectivity index (χ0n) is 10.3. The highest BCUT2D eigenvalue weighted by molar-refractivity contribution is 9.10. The van der Waals surface area contributed by atoms with Gasteiger partial charge in [0.05, 0.1) is 6.20 Å². The number of aromatic nitrogens is 2. The summed E-state index contributed by atoms with van der Waals surface area (Å²) >= 11 is 5.19. The molecular formula is C14H14BrN3S. The molecule has 1 fully saturated rings. The van der Waals surface area contributed by atoms with Gasteiger partial charge < -0.3 is 5.32 Å². The van der Waals surface area contributed by atoms with E-state index in [2.05, 4.69) is 49.4 Å². The van der Waals surface area contributed by atoms with Gasteiger partial charge in [-0.05, 0) is 30.5 Å². The highest BCUT2D eigenvalue weighted by Gasteiger charge is 2.20. The molecular weight excluding hydrogens is 322 g/mol. The van der Waals surface area contributed by atoms with E-state index in [4.69, 9.17) is 0 Å². The fourth-order valence-corrected chi connectivity index (χ4v) is 3.18. The molecule has 1 aliphatic carbocycles. The van der Waals surface area contributed by atoms with Crippen LogP contribution in [0, 0.1) is 0 Å². The Morgan fingerprint density at radius 2 is 2.21 bits per heavy atom. The highest BCUT2D eigenvalue weighted by Crippen LogP contribution is 2.31. The third-order valence-electron chi connectivity index (χ3n) is 2.94. The molecule has 1 aromatic carbocycles. The maximum absolute atomic E-state index is 4.32. The summed E-state index contributed by atoms with van der Waals surface area (Å²) in [4.78, 5) is 9.65. The lowest BCUT2D eigenvalue weighted by molar-refractivity contribution is 0.680. The van der Waals surface area contributed by atoms with Crippen molar-refractivity contribution < 1.29 is 0 Å². The predicted molar refractivity (Wildman–Crippen MR) is 80.2 cm³/mol. The van der Waals surface area contributed by atoms with Crippen molar-refractivity contribution in [2.75, 3.05) is 0 Å². The molecule has 19 heavy (non-hydrogen) atoms. The van der Waals surface area contributed by atoms with Crippen molar-refractivity contribution in [2.45, 2.75) is 35.3 Å². The Bertz CT molecular complexity index is 558.